The molecule has 0 spiro atoms. The monoisotopic (exact) mass is 257 g/mol. The number of aromatic amines is 1. The quantitative estimate of drug-likeness (QED) is 0.738. The maximum absolute atomic E-state index is 6.12. The predicted molar refractivity (Wildman–Crippen MR) is 76.6 cm³/mol. The normalized spacial score (nSPS) is 12.2. The van der Waals surface area contributed by atoms with Gasteiger partial charge in [0, 0.05) is 5.54 Å². The molecular weight excluding hydrogens is 242 g/mol. The van der Waals surface area contributed by atoms with Gasteiger partial charge in [-0.25, -0.2) is 4.98 Å². The second-order valence-electron chi connectivity index (χ2n) is 5.02. The van der Waals surface area contributed by atoms with Crippen LogP contribution in [0.15, 0.2) is 35.7 Å². The number of nitrogens with one attached hydrogen (secondary N) is 1. The number of benzene rings is 1. The SMILES string of the molecule is CC(C)(N)c1ccc2nc(-c3cccs3)[nH]c2c1. The maximum atomic E-state index is 6.12. The number of hydrogen-bond donors (Lipinski definition) is 2. The van der Waals surface area contributed by atoms with Crippen molar-refractivity contribution in [3.8, 4) is 10.7 Å². The Hall–Kier alpha value is -1.65. The van der Waals surface area contributed by atoms with Crippen molar-refractivity contribution in [3.05, 3.63) is 41.3 Å². The molecule has 18 heavy (non-hydrogen) atoms. The van der Waals surface area contributed by atoms with Gasteiger partial charge in [0.2, 0.25) is 0 Å². The number of hydrogen-bond acceptors (Lipinski definition) is 3. The van der Waals surface area contributed by atoms with Crippen molar-refractivity contribution < 1.29 is 0 Å². The van der Waals surface area contributed by atoms with Gasteiger partial charge in [0.25, 0.3) is 0 Å². The lowest BCUT2D eigenvalue weighted by molar-refractivity contribution is 0.555. The summed E-state index contributed by atoms with van der Waals surface area (Å²) in [7, 11) is 0. The first-order valence-corrected chi connectivity index (χ1v) is 6.75. The van der Waals surface area contributed by atoms with Crippen LogP contribution in [0.3, 0.4) is 0 Å². The smallest absolute Gasteiger partial charge is 0.148 e. The van der Waals surface area contributed by atoms with E-state index in [0.717, 1.165) is 27.3 Å². The first kappa shape index (κ1) is 11.4. The molecule has 0 aliphatic carbocycles. The van der Waals surface area contributed by atoms with Crippen molar-refractivity contribution in [2.45, 2.75) is 19.4 Å². The molecule has 3 aromatic rings. The van der Waals surface area contributed by atoms with E-state index in [-0.39, 0.29) is 5.54 Å². The summed E-state index contributed by atoms with van der Waals surface area (Å²) in [6.45, 7) is 4.01. The second-order valence-corrected chi connectivity index (χ2v) is 5.96. The molecule has 3 nitrogen and oxygen atoms in total. The molecule has 0 bridgehead atoms. The van der Waals surface area contributed by atoms with E-state index in [1.165, 1.54) is 0 Å². The highest BCUT2D eigenvalue weighted by molar-refractivity contribution is 7.13. The minimum absolute atomic E-state index is 0.331. The Morgan fingerprint density at radius 1 is 1.28 bits per heavy atom. The highest BCUT2D eigenvalue weighted by Gasteiger charge is 2.15. The summed E-state index contributed by atoms with van der Waals surface area (Å²) in [4.78, 5) is 9.10. The standard InChI is InChI=1S/C14H15N3S/c1-14(2,15)9-5-6-10-11(8-9)17-13(16-10)12-4-3-7-18-12/h3-8H,15H2,1-2H3,(H,16,17). The summed E-state index contributed by atoms with van der Waals surface area (Å²) >= 11 is 1.68. The van der Waals surface area contributed by atoms with Gasteiger partial charge in [0.05, 0.1) is 15.9 Å². The molecule has 0 saturated heterocycles. The lowest BCUT2D eigenvalue weighted by Crippen LogP contribution is -2.28. The average Bonchev–Trinajstić information content (AvgIpc) is 2.95. The number of nitrogens with zero attached hydrogens (tertiary/aromatic N) is 1. The van der Waals surface area contributed by atoms with Crippen molar-refractivity contribution in [2.75, 3.05) is 0 Å². The lowest BCUT2D eigenvalue weighted by atomic mass is 9.95. The summed E-state index contributed by atoms with van der Waals surface area (Å²) < 4.78 is 0. The first-order chi connectivity index (χ1) is 8.54. The van der Waals surface area contributed by atoms with Gasteiger partial charge >= 0.3 is 0 Å². The molecule has 2 aromatic heterocycles. The number of aromatic nitrogens is 2. The number of thiophene rings is 1. The molecule has 2 heterocycles. The molecule has 1 aromatic carbocycles. The zero-order valence-electron chi connectivity index (χ0n) is 10.4. The Bertz CT molecular complexity index is 675. The van der Waals surface area contributed by atoms with Crippen molar-refractivity contribution >= 4 is 22.4 Å². The third-order valence-corrected chi connectivity index (χ3v) is 3.86. The van der Waals surface area contributed by atoms with E-state index in [1.54, 1.807) is 11.3 Å². The zero-order chi connectivity index (χ0) is 12.8. The lowest BCUT2D eigenvalue weighted by Gasteiger charge is -2.18. The summed E-state index contributed by atoms with van der Waals surface area (Å²) in [6.07, 6.45) is 0. The summed E-state index contributed by atoms with van der Waals surface area (Å²) in [6, 6.07) is 10.2. The molecule has 0 fully saturated rings. The van der Waals surface area contributed by atoms with E-state index in [9.17, 15) is 0 Å². The van der Waals surface area contributed by atoms with Crippen molar-refractivity contribution in [1.82, 2.24) is 9.97 Å². The molecule has 0 aliphatic rings. The number of nitrogens with two attached hydrogens (primary N) is 1. The average molecular weight is 257 g/mol. The van der Waals surface area contributed by atoms with Crippen LogP contribution in [-0.4, -0.2) is 9.97 Å². The molecule has 0 saturated carbocycles. The van der Waals surface area contributed by atoms with Crippen molar-refractivity contribution in [3.63, 3.8) is 0 Å². The summed E-state index contributed by atoms with van der Waals surface area (Å²) in [5, 5.41) is 2.05. The fraction of sp³-hybridized carbons (Fsp3) is 0.214. The van der Waals surface area contributed by atoms with Crippen LogP contribution < -0.4 is 5.73 Å². The Morgan fingerprint density at radius 3 is 2.78 bits per heavy atom. The van der Waals surface area contributed by atoms with Crippen molar-refractivity contribution in [2.24, 2.45) is 5.73 Å². The van der Waals surface area contributed by atoms with Crippen LogP contribution >= 0.6 is 11.3 Å². The fourth-order valence-electron chi connectivity index (χ4n) is 1.94. The Balaban J connectivity index is 2.13. The van der Waals surface area contributed by atoms with E-state index in [4.69, 9.17) is 5.73 Å². The topological polar surface area (TPSA) is 54.7 Å². The maximum Gasteiger partial charge on any atom is 0.148 e. The fourth-order valence-corrected chi connectivity index (χ4v) is 2.61. The highest BCUT2D eigenvalue weighted by atomic mass is 32.1. The van der Waals surface area contributed by atoms with Crippen LogP contribution in [0.1, 0.15) is 19.4 Å². The largest absolute Gasteiger partial charge is 0.337 e. The van der Waals surface area contributed by atoms with Gasteiger partial charge < -0.3 is 10.7 Å². The van der Waals surface area contributed by atoms with Gasteiger partial charge in [0.1, 0.15) is 5.82 Å². The Labute approximate surface area is 110 Å². The summed E-state index contributed by atoms with van der Waals surface area (Å²) in [5.41, 5.74) is 8.91. The molecule has 0 radical (unpaired) electrons. The molecule has 0 unspecified atom stereocenters. The molecule has 92 valence electrons. The van der Waals surface area contributed by atoms with E-state index in [0.29, 0.717) is 0 Å². The van der Waals surface area contributed by atoms with Crippen LogP contribution in [0.25, 0.3) is 21.7 Å². The molecular formula is C14H15N3S. The number of H-pyrrole nitrogens is 1. The number of rotatable bonds is 2. The van der Waals surface area contributed by atoms with Gasteiger partial charge in [-0.3, -0.25) is 0 Å². The van der Waals surface area contributed by atoms with Crippen molar-refractivity contribution in [1.29, 1.82) is 0 Å². The second kappa shape index (κ2) is 3.93. The zero-order valence-corrected chi connectivity index (χ0v) is 11.2. The van der Waals surface area contributed by atoms with Crippen LogP contribution in [0, 0.1) is 0 Å². The third-order valence-electron chi connectivity index (χ3n) is 2.98. The summed E-state index contributed by atoms with van der Waals surface area (Å²) in [5.74, 6) is 0.923. The van der Waals surface area contributed by atoms with Crippen LogP contribution in [0.2, 0.25) is 0 Å². The van der Waals surface area contributed by atoms with Crippen LogP contribution in [0.5, 0.6) is 0 Å². The van der Waals surface area contributed by atoms with Gasteiger partial charge in [-0.1, -0.05) is 12.1 Å². The van der Waals surface area contributed by atoms with Gasteiger partial charge in [-0.15, -0.1) is 11.3 Å². The number of fused-ring (bicyclic) bond motifs is 1. The Kier molecular flexibility index (Phi) is 2.50. The molecule has 0 aliphatic heterocycles. The van der Waals surface area contributed by atoms with Gasteiger partial charge in [-0.05, 0) is 43.0 Å². The van der Waals surface area contributed by atoms with Gasteiger partial charge in [0.15, 0.2) is 0 Å². The molecule has 0 atom stereocenters. The van der Waals surface area contributed by atoms with E-state index < -0.39 is 0 Å². The van der Waals surface area contributed by atoms with Crippen LogP contribution in [0.4, 0.5) is 0 Å². The Morgan fingerprint density at radius 2 is 2.11 bits per heavy atom. The van der Waals surface area contributed by atoms with E-state index in [1.807, 2.05) is 32.0 Å². The minimum atomic E-state index is -0.331. The highest BCUT2D eigenvalue weighted by Crippen LogP contribution is 2.26. The van der Waals surface area contributed by atoms with Crippen LogP contribution in [-0.2, 0) is 5.54 Å². The predicted octanol–water partition coefficient (Wildman–Crippen LogP) is 3.49. The minimum Gasteiger partial charge on any atom is -0.337 e. The van der Waals surface area contributed by atoms with E-state index in [2.05, 4.69) is 27.5 Å². The molecule has 4 heteroatoms. The molecule has 3 rings (SSSR count). The molecule has 0 amide bonds. The van der Waals surface area contributed by atoms with E-state index >= 15 is 0 Å². The van der Waals surface area contributed by atoms with Gasteiger partial charge in [-0.2, -0.15) is 0 Å². The number of imidazole rings is 1. The third kappa shape index (κ3) is 1.94. The molecule has 3 N–H and O–H groups in total. The first-order valence-electron chi connectivity index (χ1n) is 5.87.